The summed E-state index contributed by atoms with van der Waals surface area (Å²) in [6.45, 7) is 3.83. The van der Waals surface area contributed by atoms with Crippen LogP contribution < -0.4 is 0 Å². The van der Waals surface area contributed by atoms with Crippen molar-refractivity contribution < 1.29 is 14.3 Å². The number of amides is 2. The fourth-order valence-electron chi connectivity index (χ4n) is 3.80. The minimum atomic E-state index is -0.00502. The van der Waals surface area contributed by atoms with E-state index in [4.69, 9.17) is 4.74 Å². The second kappa shape index (κ2) is 7.92. The minimum Gasteiger partial charge on any atom is -0.378 e. The van der Waals surface area contributed by atoms with Crippen molar-refractivity contribution in [1.29, 1.82) is 0 Å². The Labute approximate surface area is 158 Å². The van der Waals surface area contributed by atoms with Gasteiger partial charge in [-0.25, -0.2) is 0 Å². The van der Waals surface area contributed by atoms with Gasteiger partial charge in [0, 0.05) is 55.1 Å². The molecule has 1 atom stereocenters. The van der Waals surface area contributed by atoms with Gasteiger partial charge in [0.15, 0.2) is 0 Å². The van der Waals surface area contributed by atoms with Crippen LogP contribution in [0.3, 0.4) is 0 Å². The number of aromatic nitrogens is 2. The molecule has 1 aromatic heterocycles. The molecule has 0 radical (unpaired) electrons. The largest absolute Gasteiger partial charge is 0.378 e. The van der Waals surface area contributed by atoms with Gasteiger partial charge in [-0.2, -0.15) is 5.10 Å². The molecule has 2 aromatic rings. The molecule has 1 aromatic carbocycles. The summed E-state index contributed by atoms with van der Waals surface area (Å²) in [5.41, 5.74) is 2.32. The highest BCUT2D eigenvalue weighted by molar-refractivity contribution is 5.98. The molecule has 2 saturated heterocycles. The Morgan fingerprint density at radius 3 is 2.26 bits per heavy atom. The zero-order chi connectivity index (χ0) is 18.6. The van der Waals surface area contributed by atoms with Crippen LogP contribution >= 0.6 is 0 Å². The summed E-state index contributed by atoms with van der Waals surface area (Å²) < 4.78 is 5.29. The molecule has 2 fully saturated rings. The van der Waals surface area contributed by atoms with E-state index in [1.807, 2.05) is 11.0 Å². The number of hydrogen-bond donors (Lipinski definition) is 1. The summed E-state index contributed by atoms with van der Waals surface area (Å²) in [6, 6.07) is 9.00. The maximum absolute atomic E-state index is 12.9. The lowest BCUT2D eigenvalue weighted by Crippen LogP contribution is -2.40. The standard InChI is InChI=1S/C20H24N4O3/c25-19(23-10-12-27-13-11-23)15-3-5-16(6-4-15)20(26)24-9-1-2-17(14-24)18-7-8-21-22-18/h3-8,17H,1-2,9-14H2,(H,21,22)/t17-/m0/s1. The number of nitrogens with one attached hydrogen (secondary N) is 1. The molecule has 2 aliphatic rings. The zero-order valence-electron chi connectivity index (χ0n) is 15.3. The molecule has 2 amide bonds. The number of aromatic amines is 1. The summed E-state index contributed by atoms with van der Waals surface area (Å²) in [4.78, 5) is 29.1. The van der Waals surface area contributed by atoms with Gasteiger partial charge in [-0.1, -0.05) is 0 Å². The lowest BCUT2D eigenvalue weighted by Gasteiger charge is -2.32. The Morgan fingerprint density at radius 1 is 0.963 bits per heavy atom. The van der Waals surface area contributed by atoms with E-state index in [0.717, 1.165) is 25.1 Å². The first kappa shape index (κ1) is 17.7. The molecule has 1 N–H and O–H groups in total. The number of H-pyrrole nitrogens is 1. The number of nitrogens with zero attached hydrogens (tertiary/aromatic N) is 3. The van der Waals surface area contributed by atoms with Crippen molar-refractivity contribution in [2.75, 3.05) is 39.4 Å². The number of likely N-dealkylation sites (tertiary alicyclic amines) is 1. The Morgan fingerprint density at radius 2 is 1.63 bits per heavy atom. The molecule has 7 nitrogen and oxygen atoms in total. The lowest BCUT2D eigenvalue weighted by molar-refractivity contribution is 0.0303. The third-order valence-corrected chi connectivity index (χ3v) is 5.35. The Kier molecular flexibility index (Phi) is 5.20. The van der Waals surface area contributed by atoms with Crippen LogP contribution in [0, 0.1) is 0 Å². The van der Waals surface area contributed by atoms with Gasteiger partial charge in [0.05, 0.1) is 13.2 Å². The molecule has 142 valence electrons. The summed E-state index contributed by atoms with van der Waals surface area (Å²) in [7, 11) is 0. The molecule has 0 spiro atoms. The van der Waals surface area contributed by atoms with Crippen LogP contribution in [0.4, 0.5) is 0 Å². The van der Waals surface area contributed by atoms with Crippen molar-refractivity contribution in [1.82, 2.24) is 20.0 Å². The van der Waals surface area contributed by atoms with Gasteiger partial charge in [-0.3, -0.25) is 14.7 Å². The monoisotopic (exact) mass is 368 g/mol. The molecule has 0 saturated carbocycles. The molecule has 27 heavy (non-hydrogen) atoms. The van der Waals surface area contributed by atoms with Gasteiger partial charge >= 0.3 is 0 Å². The van der Waals surface area contributed by atoms with Crippen molar-refractivity contribution >= 4 is 11.8 Å². The second-order valence-electron chi connectivity index (χ2n) is 7.08. The van der Waals surface area contributed by atoms with E-state index in [-0.39, 0.29) is 11.8 Å². The zero-order valence-corrected chi connectivity index (χ0v) is 15.3. The fraction of sp³-hybridized carbons (Fsp3) is 0.450. The number of rotatable bonds is 3. The summed E-state index contributed by atoms with van der Waals surface area (Å²) in [6.07, 6.45) is 3.78. The van der Waals surface area contributed by atoms with E-state index >= 15 is 0 Å². The first-order valence-corrected chi connectivity index (χ1v) is 9.48. The molecule has 3 heterocycles. The quantitative estimate of drug-likeness (QED) is 0.898. The molecule has 0 aliphatic carbocycles. The number of hydrogen-bond acceptors (Lipinski definition) is 4. The number of morpholine rings is 1. The van der Waals surface area contributed by atoms with Crippen LogP contribution in [0.5, 0.6) is 0 Å². The molecule has 4 rings (SSSR count). The normalized spacial score (nSPS) is 20.5. The smallest absolute Gasteiger partial charge is 0.254 e. The lowest BCUT2D eigenvalue weighted by atomic mass is 9.94. The topological polar surface area (TPSA) is 78.5 Å². The number of piperidine rings is 1. The predicted molar refractivity (Wildman–Crippen MR) is 99.6 cm³/mol. The minimum absolute atomic E-state index is 0.00502. The highest BCUT2D eigenvalue weighted by Gasteiger charge is 2.26. The van der Waals surface area contributed by atoms with Crippen molar-refractivity contribution in [3.05, 3.63) is 53.3 Å². The average molecular weight is 368 g/mol. The maximum Gasteiger partial charge on any atom is 0.254 e. The van der Waals surface area contributed by atoms with E-state index in [9.17, 15) is 9.59 Å². The first-order valence-electron chi connectivity index (χ1n) is 9.48. The van der Waals surface area contributed by atoms with Gasteiger partial charge in [0.25, 0.3) is 11.8 Å². The van der Waals surface area contributed by atoms with Crippen LogP contribution in [0.2, 0.25) is 0 Å². The number of carbonyl (C=O) groups excluding carboxylic acids is 2. The maximum atomic E-state index is 12.9. The highest BCUT2D eigenvalue weighted by Crippen LogP contribution is 2.26. The Bertz CT molecular complexity index is 782. The molecule has 0 unspecified atom stereocenters. The van der Waals surface area contributed by atoms with Crippen molar-refractivity contribution in [2.45, 2.75) is 18.8 Å². The highest BCUT2D eigenvalue weighted by atomic mass is 16.5. The third-order valence-electron chi connectivity index (χ3n) is 5.35. The molecule has 0 bridgehead atoms. The Hall–Kier alpha value is -2.67. The van der Waals surface area contributed by atoms with E-state index < -0.39 is 0 Å². The SMILES string of the molecule is O=C(c1ccc(C(=O)N2CCC[C@H](c3ccn[nH]3)C2)cc1)N1CCOCC1. The van der Waals surface area contributed by atoms with Crippen molar-refractivity contribution in [3.63, 3.8) is 0 Å². The van der Waals surface area contributed by atoms with E-state index in [0.29, 0.717) is 49.9 Å². The van der Waals surface area contributed by atoms with Gasteiger partial charge in [-0.15, -0.1) is 0 Å². The fourth-order valence-corrected chi connectivity index (χ4v) is 3.80. The van der Waals surface area contributed by atoms with Gasteiger partial charge in [0.1, 0.15) is 0 Å². The van der Waals surface area contributed by atoms with Crippen molar-refractivity contribution in [3.8, 4) is 0 Å². The van der Waals surface area contributed by atoms with Crippen LogP contribution in [0.1, 0.15) is 45.2 Å². The molecular weight excluding hydrogens is 344 g/mol. The summed E-state index contributed by atoms with van der Waals surface area (Å²) in [5, 5.41) is 7.04. The van der Waals surface area contributed by atoms with Crippen LogP contribution in [-0.4, -0.2) is 71.2 Å². The van der Waals surface area contributed by atoms with Gasteiger partial charge in [-0.05, 0) is 43.2 Å². The Balaban J connectivity index is 1.42. The van der Waals surface area contributed by atoms with E-state index in [1.165, 1.54) is 0 Å². The average Bonchev–Trinajstić information content (AvgIpc) is 3.29. The summed E-state index contributed by atoms with van der Waals surface area (Å²) in [5.74, 6) is 0.312. The van der Waals surface area contributed by atoms with Gasteiger partial charge in [0.2, 0.25) is 0 Å². The van der Waals surface area contributed by atoms with Crippen molar-refractivity contribution in [2.24, 2.45) is 0 Å². The van der Waals surface area contributed by atoms with E-state index in [1.54, 1.807) is 35.4 Å². The number of ether oxygens (including phenoxy) is 1. The molecular formula is C20H24N4O3. The third kappa shape index (κ3) is 3.88. The molecule has 2 aliphatic heterocycles. The molecule has 7 heteroatoms. The van der Waals surface area contributed by atoms with Gasteiger partial charge < -0.3 is 14.5 Å². The predicted octanol–water partition coefficient (Wildman–Crippen LogP) is 1.90. The van der Waals surface area contributed by atoms with Crippen LogP contribution in [0.15, 0.2) is 36.5 Å². The van der Waals surface area contributed by atoms with Crippen LogP contribution in [-0.2, 0) is 4.74 Å². The number of benzene rings is 1. The summed E-state index contributed by atoms with van der Waals surface area (Å²) >= 11 is 0. The van der Waals surface area contributed by atoms with E-state index in [2.05, 4.69) is 10.2 Å². The van der Waals surface area contributed by atoms with Crippen LogP contribution in [0.25, 0.3) is 0 Å². The number of carbonyl (C=O) groups is 2. The second-order valence-corrected chi connectivity index (χ2v) is 7.08. The first-order chi connectivity index (χ1) is 13.2.